The topological polar surface area (TPSA) is 66.0 Å². The van der Waals surface area contributed by atoms with Crippen molar-refractivity contribution in [2.24, 2.45) is 5.92 Å². The number of aromatic nitrogens is 1. The molecule has 206 valence electrons. The van der Waals surface area contributed by atoms with Gasteiger partial charge < -0.3 is 19.4 Å². The van der Waals surface area contributed by atoms with Crippen molar-refractivity contribution in [3.8, 4) is 11.8 Å². The van der Waals surface area contributed by atoms with Crippen molar-refractivity contribution in [2.45, 2.75) is 76.9 Å². The Bertz CT molecular complexity index is 1260. The average Bonchev–Trinajstić information content (AvgIpc) is 3.84. The Morgan fingerprint density at radius 2 is 1.97 bits per heavy atom. The molecule has 2 saturated carbocycles. The minimum absolute atomic E-state index is 0.0215. The van der Waals surface area contributed by atoms with Gasteiger partial charge in [0, 0.05) is 50.8 Å². The highest BCUT2D eigenvalue weighted by molar-refractivity contribution is 5.89. The van der Waals surface area contributed by atoms with Crippen molar-refractivity contribution in [3.05, 3.63) is 41.1 Å². The summed E-state index contributed by atoms with van der Waals surface area (Å²) in [5.74, 6) is 8.79. The number of ether oxygens (including phenoxy) is 1. The van der Waals surface area contributed by atoms with Crippen LogP contribution in [0.1, 0.15) is 80.2 Å². The molecule has 4 heterocycles. The van der Waals surface area contributed by atoms with Crippen molar-refractivity contribution in [2.75, 3.05) is 44.2 Å². The molecule has 39 heavy (non-hydrogen) atoms. The van der Waals surface area contributed by atoms with Crippen molar-refractivity contribution in [1.82, 2.24) is 14.8 Å². The van der Waals surface area contributed by atoms with E-state index < -0.39 is 0 Å². The number of amides is 2. The van der Waals surface area contributed by atoms with Crippen molar-refractivity contribution in [1.29, 1.82) is 0 Å². The summed E-state index contributed by atoms with van der Waals surface area (Å²) in [6, 6.07) is 0.222. The summed E-state index contributed by atoms with van der Waals surface area (Å²) in [7, 11) is 0. The second-order valence-corrected chi connectivity index (χ2v) is 11.8. The van der Waals surface area contributed by atoms with E-state index in [0.29, 0.717) is 24.8 Å². The van der Waals surface area contributed by atoms with Gasteiger partial charge in [-0.2, -0.15) is 0 Å². The molecule has 4 fully saturated rings. The van der Waals surface area contributed by atoms with Gasteiger partial charge in [-0.1, -0.05) is 18.6 Å². The first-order chi connectivity index (χ1) is 19.0. The van der Waals surface area contributed by atoms with E-state index in [1.54, 1.807) is 0 Å². The maximum atomic E-state index is 13.2. The van der Waals surface area contributed by atoms with E-state index in [2.05, 4.69) is 41.2 Å². The summed E-state index contributed by atoms with van der Waals surface area (Å²) in [5.41, 5.74) is 5.68. The molecular formula is C32H40N4O3. The Kier molecular flexibility index (Phi) is 7.24. The van der Waals surface area contributed by atoms with Crippen LogP contribution in [0.2, 0.25) is 0 Å². The summed E-state index contributed by atoms with van der Waals surface area (Å²) >= 11 is 0. The molecule has 7 nitrogen and oxygen atoms in total. The number of pyridine rings is 1. The molecular weight excluding hydrogens is 488 g/mol. The lowest BCUT2D eigenvalue weighted by atomic mass is 9.90. The highest BCUT2D eigenvalue weighted by Gasteiger charge is 2.43. The van der Waals surface area contributed by atoms with Crippen LogP contribution in [0.25, 0.3) is 5.57 Å². The van der Waals surface area contributed by atoms with Crippen LogP contribution in [-0.2, 0) is 14.3 Å². The van der Waals surface area contributed by atoms with Gasteiger partial charge in [-0.15, -0.1) is 5.92 Å². The minimum Gasteiger partial charge on any atom is -0.377 e. The molecule has 0 spiro atoms. The van der Waals surface area contributed by atoms with Gasteiger partial charge in [-0.3, -0.25) is 9.59 Å². The van der Waals surface area contributed by atoms with E-state index in [-0.39, 0.29) is 24.0 Å². The lowest BCUT2D eigenvalue weighted by Crippen LogP contribution is -2.57. The molecule has 7 heteroatoms. The Hall–Kier alpha value is -3.11. The zero-order chi connectivity index (χ0) is 27.1. The SMILES string of the molecule is C=CC(=O)N1CCC=C(c2c(C3CC3)nc(N3CCN(C(=O)CC4CCO4)C(C4CC4)C3)c(C#CC)c2C)C1. The van der Waals surface area contributed by atoms with Gasteiger partial charge in [0.2, 0.25) is 11.8 Å². The first-order valence-corrected chi connectivity index (χ1v) is 14.7. The first-order valence-electron chi connectivity index (χ1n) is 14.7. The van der Waals surface area contributed by atoms with Crippen molar-refractivity contribution < 1.29 is 14.3 Å². The average molecular weight is 529 g/mol. The maximum Gasteiger partial charge on any atom is 0.246 e. The summed E-state index contributed by atoms with van der Waals surface area (Å²) in [5, 5.41) is 0. The van der Waals surface area contributed by atoms with Crippen LogP contribution in [0, 0.1) is 24.7 Å². The Morgan fingerprint density at radius 1 is 1.18 bits per heavy atom. The standard InChI is InChI=1S/C32H40N4O3/c1-4-7-26-21(3)30(24-8-6-14-34(19-24)28(37)5-2)31(23-11-12-23)33-32(26)35-15-16-36(27(20-35)22-9-10-22)29(38)18-25-13-17-39-25/h5,8,22-23,25,27H,2,6,9-20H2,1,3H3. The van der Waals surface area contributed by atoms with Crippen molar-refractivity contribution >= 4 is 23.2 Å². The molecule has 0 aromatic carbocycles. The molecule has 0 N–H and O–H groups in total. The van der Waals surface area contributed by atoms with E-state index in [9.17, 15) is 9.59 Å². The number of carbonyl (C=O) groups is 2. The third kappa shape index (κ3) is 5.24. The third-order valence-corrected chi connectivity index (χ3v) is 9.03. The monoisotopic (exact) mass is 528 g/mol. The highest BCUT2D eigenvalue weighted by atomic mass is 16.5. The van der Waals surface area contributed by atoms with Gasteiger partial charge >= 0.3 is 0 Å². The lowest BCUT2D eigenvalue weighted by Gasteiger charge is -2.43. The smallest absolute Gasteiger partial charge is 0.246 e. The molecule has 2 atom stereocenters. The van der Waals surface area contributed by atoms with Gasteiger partial charge in [0.05, 0.1) is 29.8 Å². The van der Waals surface area contributed by atoms with Gasteiger partial charge in [-0.05, 0) is 75.5 Å². The summed E-state index contributed by atoms with van der Waals surface area (Å²) < 4.78 is 5.56. The molecule has 5 aliphatic rings. The zero-order valence-electron chi connectivity index (χ0n) is 23.4. The predicted octanol–water partition coefficient (Wildman–Crippen LogP) is 4.05. The van der Waals surface area contributed by atoms with E-state index in [1.807, 2.05) is 11.8 Å². The van der Waals surface area contributed by atoms with E-state index in [0.717, 1.165) is 75.5 Å². The molecule has 6 rings (SSSR count). The van der Waals surface area contributed by atoms with E-state index >= 15 is 0 Å². The number of hydrogen-bond acceptors (Lipinski definition) is 5. The summed E-state index contributed by atoms with van der Waals surface area (Å²) in [6.07, 6.45) is 10.8. The molecule has 2 aliphatic carbocycles. The number of rotatable bonds is 7. The molecule has 1 aromatic heterocycles. The van der Waals surface area contributed by atoms with Gasteiger partial charge in [0.25, 0.3) is 0 Å². The van der Waals surface area contributed by atoms with Gasteiger partial charge in [-0.25, -0.2) is 4.98 Å². The highest BCUT2D eigenvalue weighted by Crippen LogP contribution is 2.46. The van der Waals surface area contributed by atoms with Crippen LogP contribution in [0.4, 0.5) is 5.82 Å². The summed E-state index contributed by atoms with van der Waals surface area (Å²) in [6.45, 7) is 12.1. The molecule has 2 unspecified atom stereocenters. The number of hydrogen-bond donors (Lipinski definition) is 0. The molecule has 3 aliphatic heterocycles. The second kappa shape index (κ2) is 10.8. The number of piperazine rings is 1. The zero-order valence-corrected chi connectivity index (χ0v) is 23.4. The van der Waals surface area contributed by atoms with Crippen LogP contribution < -0.4 is 4.90 Å². The predicted molar refractivity (Wildman–Crippen MR) is 152 cm³/mol. The molecule has 2 saturated heterocycles. The molecule has 2 amide bonds. The summed E-state index contributed by atoms with van der Waals surface area (Å²) in [4.78, 5) is 37.5. The normalized spacial score (nSPS) is 24.9. The first kappa shape index (κ1) is 26.1. The minimum atomic E-state index is -0.0215. The Morgan fingerprint density at radius 3 is 2.62 bits per heavy atom. The van der Waals surface area contributed by atoms with Crippen LogP contribution in [0.3, 0.4) is 0 Å². The van der Waals surface area contributed by atoms with E-state index in [4.69, 9.17) is 9.72 Å². The quantitative estimate of drug-likeness (QED) is 0.395. The number of nitrogens with zero attached hydrogens (tertiary/aromatic N) is 4. The van der Waals surface area contributed by atoms with Crippen LogP contribution in [0.5, 0.6) is 0 Å². The second-order valence-electron chi connectivity index (χ2n) is 11.8. The molecule has 0 bridgehead atoms. The largest absolute Gasteiger partial charge is 0.377 e. The fourth-order valence-electron chi connectivity index (χ4n) is 6.47. The fraction of sp³-hybridized carbons (Fsp3) is 0.594. The van der Waals surface area contributed by atoms with E-state index in [1.165, 1.54) is 35.6 Å². The lowest BCUT2D eigenvalue weighted by molar-refractivity contribution is -0.142. The Balaban J connectivity index is 1.33. The van der Waals surface area contributed by atoms with Gasteiger partial charge in [0.15, 0.2) is 0 Å². The molecule has 0 radical (unpaired) electrons. The fourth-order valence-corrected chi connectivity index (χ4v) is 6.47. The van der Waals surface area contributed by atoms with Gasteiger partial charge in [0.1, 0.15) is 5.82 Å². The number of anilines is 1. The van der Waals surface area contributed by atoms with Crippen LogP contribution >= 0.6 is 0 Å². The molecule has 1 aromatic rings. The maximum absolute atomic E-state index is 13.2. The van der Waals surface area contributed by atoms with Crippen LogP contribution in [0.15, 0.2) is 18.7 Å². The van der Waals surface area contributed by atoms with Crippen molar-refractivity contribution in [3.63, 3.8) is 0 Å². The third-order valence-electron chi connectivity index (χ3n) is 9.03. The van der Waals surface area contributed by atoms with Crippen LogP contribution in [-0.4, -0.2) is 78.1 Å². The Labute approximate surface area is 232 Å². The number of carbonyl (C=O) groups excluding carboxylic acids is 2.